The highest BCUT2D eigenvalue weighted by atomic mass is 15.0. The predicted molar refractivity (Wildman–Crippen MR) is 219 cm³/mol. The van der Waals surface area contributed by atoms with Crippen LogP contribution in [0.3, 0.4) is 0 Å². The fraction of sp³-hybridized carbons (Fsp3) is 0.0833. The smallest absolute Gasteiger partial charge is 0.164 e. The minimum absolute atomic E-state index is 0.641. The number of hydrogen-bond acceptors (Lipinski definition) is 6. The van der Waals surface area contributed by atoms with Gasteiger partial charge in [0.2, 0.25) is 0 Å². The van der Waals surface area contributed by atoms with Crippen LogP contribution in [0, 0.1) is 0 Å². The molecule has 0 saturated heterocycles. The normalized spacial score (nSPS) is 13.7. The lowest BCUT2D eigenvalue weighted by Crippen LogP contribution is -2.04. The van der Waals surface area contributed by atoms with Gasteiger partial charge in [0.1, 0.15) is 0 Å². The molecule has 9 rings (SSSR count). The molecule has 0 radical (unpaired) electrons. The van der Waals surface area contributed by atoms with Gasteiger partial charge in [-0.3, -0.25) is 0 Å². The van der Waals surface area contributed by atoms with Crippen molar-refractivity contribution in [1.82, 2.24) is 29.9 Å². The maximum Gasteiger partial charge on any atom is 0.164 e. The quantitative estimate of drug-likeness (QED) is 0.157. The maximum absolute atomic E-state index is 5.09. The molecule has 54 heavy (non-hydrogen) atoms. The van der Waals surface area contributed by atoms with Crippen LogP contribution in [0.2, 0.25) is 0 Å². The van der Waals surface area contributed by atoms with Crippen LogP contribution in [-0.2, 0) is 0 Å². The summed E-state index contributed by atoms with van der Waals surface area (Å²) >= 11 is 0. The third kappa shape index (κ3) is 6.85. The van der Waals surface area contributed by atoms with Crippen LogP contribution < -0.4 is 0 Å². The Morgan fingerprint density at radius 3 is 1.15 bits per heavy atom. The molecule has 0 bridgehead atoms. The molecular weight excluding hydrogens is 661 g/mol. The SMILES string of the molecule is C1=CC(c2nc(-c3ccccc3)nc(-c3ccc(-c4ccccc4-c4ccccc4-c4nc(C5=CCCC=C5)nc(-c5ccccc5)n4)cc3)n2)=CCC1. The Kier molecular flexibility index (Phi) is 9.14. The number of benzene rings is 5. The molecular formula is C48H36N6. The van der Waals surface area contributed by atoms with Crippen LogP contribution in [-0.4, -0.2) is 29.9 Å². The molecule has 258 valence electrons. The third-order valence-corrected chi connectivity index (χ3v) is 9.68. The van der Waals surface area contributed by atoms with Gasteiger partial charge in [-0.25, -0.2) is 29.9 Å². The number of hydrogen-bond donors (Lipinski definition) is 0. The van der Waals surface area contributed by atoms with Crippen LogP contribution in [0.1, 0.15) is 37.3 Å². The minimum Gasteiger partial charge on any atom is -0.208 e. The molecule has 5 aromatic carbocycles. The number of nitrogens with zero attached hydrogens (tertiary/aromatic N) is 6. The van der Waals surface area contributed by atoms with Crippen LogP contribution in [0.15, 0.2) is 170 Å². The fourth-order valence-corrected chi connectivity index (χ4v) is 6.93. The first-order valence-electron chi connectivity index (χ1n) is 18.4. The molecule has 6 nitrogen and oxygen atoms in total. The zero-order valence-corrected chi connectivity index (χ0v) is 29.7. The topological polar surface area (TPSA) is 77.3 Å². The van der Waals surface area contributed by atoms with Gasteiger partial charge in [0.05, 0.1) is 0 Å². The van der Waals surface area contributed by atoms with Crippen LogP contribution in [0.4, 0.5) is 0 Å². The Morgan fingerprint density at radius 1 is 0.278 bits per heavy atom. The third-order valence-electron chi connectivity index (χ3n) is 9.68. The first-order valence-corrected chi connectivity index (χ1v) is 18.4. The Labute approximate surface area is 315 Å². The van der Waals surface area contributed by atoms with Gasteiger partial charge in [0, 0.05) is 33.4 Å². The van der Waals surface area contributed by atoms with E-state index in [4.69, 9.17) is 29.9 Å². The minimum atomic E-state index is 0.641. The molecule has 2 aromatic heterocycles. The van der Waals surface area contributed by atoms with Gasteiger partial charge in [0.15, 0.2) is 34.9 Å². The summed E-state index contributed by atoms with van der Waals surface area (Å²) in [4.78, 5) is 29.9. The average Bonchev–Trinajstić information content (AvgIpc) is 3.27. The molecule has 6 heteroatoms. The first kappa shape index (κ1) is 33.0. The zero-order valence-electron chi connectivity index (χ0n) is 29.7. The lowest BCUT2D eigenvalue weighted by Gasteiger charge is -2.16. The molecule has 0 aliphatic heterocycles. The summed E-state index contributed by atoms with van der Waals surface area (Å²) in [7, 11) is 0. The van der Waals surface area contributed by atoms with E-state index in [0.29, 0.717) is 34.9 Å². The zero-order chi connectivity index (χ0) is 36.1. The second-order valence-corrected chi connectivity index (χ2v) is 13.3. The van der Waals surface area contributed by atoms with Crippen molar-refractivity contribution in [2.75, 3.05) is 0 Å². The molecule has 0 spiro atoms. The van der Waals surface area contributed by atoms with Crippen molar-refractivity contribution in [2.45, 2.75) is 25.7 Å². The summed E-state index contributed by atoms with van der Waals surface area (Å²) in [6.45, 7) is 0. The predicted octanol–water partition coefficient (Wildman–Crippen LogP) is 11.5. The summed E-state index contributed by atoms with van der Waals surface area (Å²) in [6, 6.07) is 45.6. The second kappa shape index (κ2) is 15.0. The highest BCUT2D eigenvalue weighted by Crippen LogP contribution is 2.38. The average molecular weight is 697 g/mol. The Morgan fingerprint density at radius 2 is 0.648 bits per heavy atom. The van der Waals surface area contributed by atoms with Crippen LogP contribution in [0.5, 0.6) is 0 Å². The van der Waals surface area contributed by atoms with Gasteiger partial charge in [-0.15, -0.1) is 0 Å². The van der Waals surface area contributed by atoms with Crippen molar-refractivity contribution in [3.63, 3.8) is 0 Å². The maximum atomic E-state index is 5.09. The number of aromatic nitrogens is 6. The fourth-order valence-electron chi connectivity index (χ4n) is 6.93. The Bertz CT molecular complexity index is 2590. The molecule has 7 aromatic rings. The molecule has 0 fully saturated rings. The van der Waals surface area contributed by atoms with E-state index in [1.54, 1.807) is 0 Å². The van der Waals surface area contributed by atoms with E-state index in [1.165, 1.54) is 0 Å². The van der Waals surface area contributed by atoms with Crippen molar-refractivity contribution in [3.8, 4) is 67.8 Å². The lowest BCUT2D eigenvalue weighted by atomic mass is 9.91. The van der Waals surface area contributed by atoms with E-state index >= 15 is 0 Å². The summed E-state index contributed by atoms with van der Waals surface area (Å²) in [5.41, 5.74) is 10.1. The summed E-state index contributed by atoms with van der Waals surface area (Å²) in [5, 5.41) is 0. The van der Waals surface area contributed by atoms with Gasteiger partial charge >= 0.3 is 0 Å². The van der Waals surface area contributed by atoms with Crippen molar-refractivity contribution in [2.24, 2.45) is 0 Å². The standard InChI is InChI=1S/C48H36N6/c1-5-17-34(18-6-1)43-49-44(35-19-7-2-8-20-35)51-47(50-43)38-31-29-33(30-32-38)39-25-13-14-26-40(39)41-27-15-16-28-42(41)48-53-45(36-21-9-3-10-22-36)52-46(54-48)37-23-11-4-12-24-37/h1,3,5-7,9-11,13-32H,2,4,8,12H2. The number of allylic oxidation sites excluding steroid dienone is 8. The van der Waals surface area contributed by atoms with E-state index in [0.717, 1.165) is 81.3 Å². The van der Waals surface area contributed by atoms with Gasteiger partial charge in [0.25, 0.3) is 0 Å². The summed E-state index contributed by atoms with van der Waals surface area (Å²) < 4.78 is 0. The monoisotopic (exact) mass is 696 g/mol. The largest absolute Gasteiger partial charge is 0.208 e. The van der Waals surface area contributed by atoms with E-state index < -0.39 is 0 Å². The molecule has 2 heterocycles. The van der Waals surface area contributed by atoms with Gasteiger partial charge in [-0.2, -0.15) is 0 Å². The van der Waals surface area contributed by atoms with Crippen LogP contribution in [0.25, 0.3) is 79.0 Å². The molecule has 0 atom stereocenters. The molecule has 2 aliphatic rings. The van der Waals surface area contributed by atoms with E-state index in [9.17, 15) is 0 Å². The first-order chi connectivity index (χ1) is 26.8. The van der Waals surface area contributed by atoms with Gasteiger partial charge in [-0.05, 0) is 47.9 Å². The van der Waals surface area contributed by atoms with Crippen molar-refractivity contribution >= 4 is 11.1 Å². The van der Waals surface area contributed by atoms with E-state index in [2.05, 4.69) is 103 Å². The molecule has 0 saturated carbocycles. The second-order valence-electron chi connectivity index (χ2n) is 13.3. The molecule has 2 aliphatic carbocycles. The van der Waals surface area contributed by atoms with E-state index in [-0.39, 0.29) is 0 Å². The molecule has 0 unspecified atom stereocenters. The van der Waals surface area contributed by atoms with Gasteiger partial charge in [-0.1, -0.05) is 170 Å². The summed E-state index contributed by atoms with van der Waals surface area (Å²) in [6.07, 6.45) is 17.0. The van der Waals surface area contributed by atoms with Crippen LogP contribution >= 0.6 is 0 Å². The van der Waals surface area contributed by atoms with Gasteiger partial charge < -0.3 is 0 Å². The molecule has 0 N–H and O–H groups in total. The highest BCUT2D eigenvalue weighted by Gasteiger charge is 2.19. The number of rotatable bonds is 8. The highest BCUT2D eigenvalue weighted by molar-refractivity contribution is 5.91. The lowest BCUT2D eigenvalue weighted by molar-refractivity contribution is 1.01. The van der Waals surface area contributed by atoms with Crippen molar-refractivity contribution in [3.05, 3.63) is 182 Å². The summed E-state index contributed by atoms with van der Waals surface area (Å²) in [5.74, 6) is 3.97. The van der Waals surface area contributed by atoms with Crippen molar-refractivity contribution in [1.29, 1.82) is 0 Å². The Balaban J connectivity index is 1.11. The Hall–Kier alpha value is -6.92. The van der Waals surface area contributed by atoms with Crippen molar-refractivity contribution < 1.29 is 0 Å². The van der Waals surface area contributed by atoms with E-state index in [1.807, 2.05) is 66.7 Å². The molecule has 0 amide bonds.